The van der Waals surface area contributed by atoms with Gasteiger partial charge in [-0.1, -0.05) is 0 Å². The van der Waals surface area contributed by atoms with Crippen LogP contribution in [-0.4, -0.2) is 51.6 Å². The molecule has 0 spiro atoms. The summed E-state index contributed by atoms with van der Waals surface area (Å²) in [6.07, 6.45) is 0.707. The van der Waals surface area contributed by atoms with Gasteiger partial charge in [-0.2, -0.15) is 0 Å². The van der Waals surface area contributed by atoms with Crippen LogP contribution in [0.2, 0.25) is 0 Å². The number of carbonyl (C=O) groups excluding carboxylic acids is 1. The lowest BCUT2D eigenvalue weighted by Gasteiger charge is -2.26. The molecule has 1 heterocycles. The van der Waals surface area contributed by atoms with Crippen LogP contribution in [0.5, 0.6) is 0 Å². The first-order valence-electron chi connectivity index (χ1n) is 6.33. The summed E-state index contributed by atoms with van der Waals surface area (Å²) in [6.45, 7) is 7.43. The summed E-state index contributed by atoms with van der Waals surface area (Å²) >= 11 is 0. The number of ether oxygens (including phenoxy) is 3. The highest BCUT2D eigenvalue weighted by Crippen LogP contribution is 2.12. The van der Waals surface area contributed by atoms with Crippen molar-refractivity contribution in [2.24, 2.45) is 5.92 Å². The molecular weight excluding hydrogens is 222 g/mol. The first-order chi connectivity index (χ1) is 8.27. The molecule has 1 aliphatic rings. The SMILES string of the molecule is CCOCC(CC1COCCN1)C(=O)OCC. The number of rotatable bonds is 7. The molecule has 0 aromatic heterocycles. The molecule has 100 valence electrons. The van der Waals surface area contributed by atoms with Crippen LogP contribution in [0.15, 0.2) is 0 Å². The van der Waals surface area contributed by atoms with E-state index in [9.17, 15) is 4.79 Å². The van der Waals surface area contributed by atoms with Gasteiger partial charge in [-0.25, -0.2) is 0 Å². The fourth-order valence-electron chi connectivity index (χ4n) is 1.87. The van der Waals surface area contributed by atoms with Crippen molar-refractivity contribution in [1.82, 2.24) is 5.32 Å². The zero-order valence-corrected chi connectivity index (χ0v) is 10.7. The van der Waals surface area contributed by atoms with Crippen molar-refractivity contribution in [3.63, 3.8) is 0 Å². The highest BCUT2D eigenvalue weighted by atomic mass is 16.5. The second-order valence-electron chi connectivity index (χ2n) is 4.07. The number of hydrogen-bond donors (Lipinski definition) is 1. The molecule has 0 aromatic carbocycles. The lowest BCUT2D eigenvalue weighted by Crippen LogP contribution is -2.44. The van der Waals surface area contributed by atoms with Gasteiger partial charge in [-0.3, -0.25) is 4.79 Å². The summed E-state index contributed by atoms with van der Waals surface area (Å²) in [7, 11) is 0. The van der Waals surface area contributed by atoms with Crippen molar-refractivity contribution in [1.29, 1.82) is 0 Å². The minimum absolute atomic E-state index is 0.173. The Morgan fingerprint density at radius 3 is 2.88 bits per heavy atom. The highest BCUT2D eigenvalue weighted by molar-refractivity contribution is 5.72. The van der Waals surface area contributed by atoms with E-state index in [0.29, 0.717) is 32.8 Å². The second kappa shape index (κ2) is 8.44. The molecule has 1 N–H and O–H groups in total. The van der Waals surface area contributed by atoms with Crippen LogP contribution in [0, 0.1) is 5.92 Å². The van der Waals surface area contributed by atoms with Gasteiger partial charge in [0.1, 0.15) is 0 Å². The van der Waals surface area contributed by atoms with Crippen molar-refractivity contribution in [2.45, 2.75) is 26.3 Å². The van der Waals surface area contributed by atoms with Gasteiger partial charge in [0.2, 0.25) is 0 Å². The molecule has 0 saturated carbocycles. The topological polar surface area (TPSA) is 56.8 Å². The fourth-order valence-corrected chi connectivity index (χ4v) is 1.87. The van der Waals surface area contributed by atoms with E-state index < -0.39 is 0 Å². The molecule has 1 fully saturated rings. The van der Waals surface area contributed by atoms with Gasteiger partial charge in [0.05, 0.1) is 32.3 Å². The average Bonchev–Trinajstić information content (AvgIpc) is 2.36. The summed E-state index contributed by atoms with van der Waals surface area (Å²) in [5.74, 6) is -0.373. The smallest absolute Gasteiger partial charge is 0.311 e. The Kier molecular flexibility index (Phi) is 7.16. The zero-order valence-electron chi connectivity index (χ0n) is 10.7. The molecule has 1 rings (SSSR count). The standard InChI is InChI=1S/C12H23NO4/c1-3-15-8-10(12(14)17-4-2)7-11-9-16-6-5-13-11/h10-11,13H,3-9H2,1-2H3. The van der Waals surface area contributed by atoms with Crippen LogP contribution >= 0.6 is 0 Å². The average molecular weight is 245 g/mol. The largest absolute Gasteiger partial charge is 0.466 e. The fraction of sp³-hybridized carbons (Fsp3) is 0.917. The Bertz CT molecular complexity index is 217. The third-order valence-electron chi connectivity index (χ3n) is 2.71. The molecule has 5 nitrogen and oxygen atoms in total. The Labute approximate surface area is 103 Å². The lowest BCUT2D eigenvalue weighted by atomic mass is 10.0. The van der Waals surface area contributed by atoms with Crippen molar-refractivity contribution in [3.8, 4) is 0 Å². The lowest BCUT2D eigenvalue weighted by molar-refractivity contribution is -0.151. The van der Waals surface area contributed by atoms with Gasteiger partial charge in [0.15, 0.2) is 0 Å². The summed E-state index contributed by atoms with van der Waals surface area (Å²) in [5.41, 5.74) is 0. The summed E-state index contributed by atoms with van der Waals surface area (Å²) in [5, 5.41) is 3.33. The molecule has 0 aliphatic carbocycles. The third kappa shape index (κ3) is 5.48. The molecule has 17 heavy (non-hydrogen) atoms. The highest BCUT2D eigenvalue weighted by Gasteiger charge is 2.25. The first kappa shape index (κ1) is 14.4. The maximum atomic E-state index is 11.8. The summed E-state index contributed by atoms with van der Waals surface area (Å²) < 4.78 is 15.8. The molecule has 5 heteroatoms. The molecule has 0 radical (unpaired) electrons. The Balaban J connectivity index is 2.40. The molecule has 2 atom stereocenters. The number of hydrogen-bond acceptors (Lipinski definition) is 5. The molecule has 1 aliphatic heterocycles. The van der Waals surface area contributed by atoms with Crippen molar-refractivity contribution >= 4 is 5.97 Å². The van der Waals surface area contributed by atoms with Gasteiger partial charge in [-0.15, -0.1) is 0 Å². The number of carbonyl (C=O) groups is 1. The molecule has 0 bridgehead atoms. The Hall–Kier alpha value is -0.650. The molecule has 1 saturated heterocycles. The van der Waals surface area contributed by atoms with Gasteiger partial charge < -0.3 is 19.5 Å². The van der Waals surface area contributed by atoms with E-state index in [4.69, 9.17) is 14.2 Å². The van der Waals surface area contributed by atoms with Crippen LogP contribution < -0.4 is 5.32 Å². The second-order valence-corrected chi connectivity index (χ2v) is 4.07. The van der Waals surface area contributed by atoms with E-state index in [1.54, 1.807) is 0 Å². The van der Waals surface area contributed by atoms with Gasteiger partial charge in [0, 0.05) is 19.2 Å². The Morgan fingerprint density at radius 2 is 2.29 bits per heavy atom. The Morgan fingerprint density at radius 1 is 1.47 bits per heavy atom. The first-order valence-corrected chi connectivity index (χ1v) is 6.33. The quantitative estimate of drug-likeness (QED) is 0.665. The van der Waals surface area contributed by atoms with Crippen molar-refractivity contribution in [2.75, 3.05) is 39.6 Å². The predicted molar refractivity (Wildman–Crippen MR) is 63.8 cm³/mol. The number of morpholine rings is 1. The van der Waals surface area contributed by atoms with Crippen molar-refractivity contribution < 1.29 is 19.0 Å². The maximum absolute atomic E-state index is 11.8. The minimum atomic E-state index is -0.200. The van der Waals surface area contributed by atoms with Gasteiger partial charge in [-0.05, 0) is 20.3 Å². The zero-order chi connectivity index (χ0) is 12.5. The van der Waals surface area contributed by atoms with Crippen LogP contribution in [0.3, 0.4) is 0 Å². The number of nitrogens with one attached hydrogen (secondary N) is 1. The summed E-state index contributed by atoms with van der Waals surface area (Å²) in [6, 6.07) is 0.221. The van der Waals surface area contributed by atoms with Crippen LogP contribution in [0.4, 0.5) is 0 Å². The molecule has 0 aromatic rings. The van der Waals surface area contributed by atoms with E-state index in [-0.39, 0.29) is 17.9 Å². The van der Waals surface area contributed by atoms with Crippen LogP contribution in [0.25, 0.3) is 0 Å². The normalized spacial score (nSPS) is 22.1. The van der Waals surface area contributed by atoms with Crippen LogP contribution in [0.1, 0.15) is 20.3 Å². The van der Waals surface area contributed by atoms with E-state index in [1.807, 2.05) is 13.8 Å². The molecule has 0 amide bonds. The third-order valence-corrected chi connectivity index (χ3v) is 2.71. The van der Waals surface area contributed by atoms with Gasteiger partial charge in [0.25, 0.3) is 0 Å². The monoisotopic (exact) mass is 245 g/mol. The van der Waals surface area contributed by atoms with E-state index >= 15 is 0 Å². The maximum Gasteiger partial charge on any atom is 0.311 e. The van der Waals surface area contributed by atoms with Crippen LogP contribution in [-0.2, 0) is 19.0 Å². The molecule has 2 unspecified atom stereocenters. The van der Waals surface area contributed by atoms with Crippen molar-refractivity contribution in [3.05, 3.63) is 0 Å². The van der Waals surface area contributed by atoms with E-state index in [0.717, 1.165) is 13.2 Å². The van der Waals surface area contributed by atoms with E-state index in [2.05, 4.69) is 5.32 Å². The van der Waals surface area contributed by atoms with E-state index in [1.165, 1.54) is 0 Å². The summed E-state index contributed by atoms with van der Waals surface area (Å²) in [4.78, 5) is 11.8. The van der Waals surface area contributed by atoms with Gasteiger partial charge >= 0.3 is 5.97 Å². The number of esters is 1. The predicted octanol–water partition coefficient (Wildman–Crippen LogP) is 0.581. The minimum Gasteiger partial charge on any atom is -0.466 e. The molecular formula is C12H23NO4.